The number of aromatic amines is 1. The molecular weight excluding hydrogens is 280 g/mol. The molecule has 1 aromatic heterocycles. The standard InChI is InChI=1S/C16H28N4O2/c1-11-8-13(18-10-14-9-17-12(2)19-14)6-7-20(11)15(21)22-16(3,4)5/h9,11,13,18H,6-8,10H2,1-5H3,(H,17,19). The molecule has 124 valence electrons. The van der Waals surface area contributed by atoms with Crippen LogP contribution in [0.15, 0.2) is 6.20 Å². The minimum Gasteiger partial charge on any atom is -0.444 e. The average molecular weight is 308 g/mol. The second-order valence-electron chi connectivity index (χ2n) is 7.12. The molecule has 0 bridgehead atoms. The molecule has 1 aliphatic heterocycles. The normalized spacial score (nSPS) is 22.7. The number of nitrogens with zero attached hydrogens (tertiary/aromatic N) is 2. The number of ether oxygens (including phenoxy) is 1. The number of hydrogen-bond donors (Lipinski definition) is 2. The molecule has 1 fully saturated rings. The Bertz CT molecular complexity index is 506. The highest BCUT2D eigenvalue weighted by Gasteiger charge is 2.31. The van der Waals surface area contributed by atoms with Crippen LogP contribution in [0.5, 0.6) is 0 Å². The van der Waals surface area contributed by atoms with Crippen molar-refractivity contribution in [2.24, 2.45) is 0 Å². The topological polar surface area (TPSA) is 70.2 Å². The van der Waals surface area contributed by atoms with E-state index in [1.807, 2.05) is 38.8 Å². The summed E-state index contributed by atoms with van der Waals surface area (Å²) >= 11 is 0. The maximum absolute atomic E-state index is 12.2. The third kappa shape index (κ3) is 4.73. The van der Waals surface area contributed by atoms with E-state index in [2.05, 4.69) is 22.2 Å². The summed E-state index contributed by atoms with van der Waals surface area (Å²) in [6.07, 6.45) is 3.53. The molecule has 2 heterocycles. The van der Waals surface area contributed by atoms with Crippen molar-refractivity contribution in [3.8, 4) is 0 Å². The fourth-order valence-corrected chi connectivity index (χ4v) is 2.77. The molecule has 0 aliphatic carbocycles. The molecule has 1 saturated heterocycles. The van der Waals surface area contributed by atoms with Gasteiger partial charge in [-0.3, -0.25) is 0 Å². The minimum absolute atomic E-state index is 0.185. The lowest BCUT2D eigenvalue weighted by molar-refractivity contribution is 0.00931. The number of aromatic nitrogens is 2. The molecule has 1 aliphatic rings. The van der Waals surface area contributed by atoms with Crippen LogP contribution in [0.4, 0.5) is 4.79 Å². The number of carbonyl (C=O) groups excluding carboxylic acids is 1. The molecule has 0 spiro atoms. The summed E-state index contributed by atoms with van der Waals surface area (Å²) in [6.45, 7) is 11.2. The van der Waals surface area contributed by atoms with Crippen molar-refractivity contribution in [2.75, 3.05) is 6.54 Å². The van der Waals surface area contributed by atoms with Crippen LogP contribution in [-0.4, -0.2) is 45.2 Å². The van der Waals surface area contributed by atoms with Gasteiger partial charge in [0.15, 0.2) is 0 Å². The van der Waals surface area contributed by atoms with Crippen LogP contribution in [-0.2, 0) is 11.3 Å². The lowest BCUT2D eigenvalue weighted by Crippen LogP contribution is -2.50. The molecule has 2 rings (SSSR count). The first-order valence-corrected chi connectivity index (χ1v) is 7.98. The number of amides is 1. The molecule has 1 amide bonds. The molecule has 2 unspecified atom stereocenters. The average Bonchev–Trinajstić information content (AvgIpc) is 2.80. The number of nitrogens with one attached hydrogen (secondary N) is 2. The maximum atomic E-state index is 12.2. The quantitative estimate of drug-likeness (QED) is 0.900. The number of carbonyl (C=O) groups is 1. The second kappa shape index (κ2) is 6.69. The molecule has 2 atom stereocenters. The van der Waals surface area contributed by atoms with E-state index in [1.54, 1.807) is 0 Å². The number of likely N-dealkylation sites (tertiary alicyclic amines) is 1. The number of rotatable bonds is 3. The van der Waals surface area contributed by atoms with Gasteiger partial charge in [0, 0.05) is 37.1 Å². The number of piperidine rings is 1. The van der Waals surface area contributed by atoms with E-state index in [0.29, 0.717) is 6.04 Å². The zero-order valence-electron chi connectivity index (χ0n) is 14.3. The molecule has 0 radical (unpaired) electrons. The van der Waals surface area contributed by atoms with E-state index in [0.717, 1.165) is 37.4 Å². The third-order valence-corrected chi connectivity index (χ3v) is 3.84. The lowest BCUT2D eigenvalue weighted by Gasteiger charge is -2.38. The fourth-order valence-electron chi connectivity index (χ4n) is 2.77. The highest BCUT2D eigenvalue weighted by Crippen LogP contribution is 2.20. The van der Waals surface area contributed by atoms with Gasteiger partial charge in [-0.2, -0.15) is 0 Å². The van der Waals surface area contributed by atoms with Crippen molar-refractivity contribution in [1.82, 2.24) is 20.2 Å². The summed E-state index contributed by atoms with van der Waals surface area (Å²) < 4.78 is 5.47. The van der Waals surface area contributed by atoms with Gasteiger partial charge in [0.2, 0.25) is 0 Å². The van der Waals surface area contributed by atoms with Gasteiger partial charge in [-0.15, -0.1) is 0 Å². The molecule has 2 N–H and O–H groups in total. The van der Waals surface area contributed by atoms with E-state index in [4.69, 9.17) is 4.74 Å². The SMILES string of the molecule is Cc1ncc(CNC2CCN(C(=O)OC(C)(C)C)C(C)C2)[nH]1. The van der Waals surface area contributed by atoms with Crippen LogP contribution in [0, 0.1) is 6.92 Å². The van der Waals surface area contributed by atoms with E-state index in [9.17, 15) is 4.79 Å². The van der Waals surface area contributed by atoms with Crippen molar-refractivity contribution >= 4 is 6.09 Å². The lowest BCUT2D eigenvalue weighted by atomic mass is 9.98. The Morgan fingerprint density at radius 2 is 2.27 bits per heavy atom. The fraction of sp³-hybridized carbons (Fsp3) is 0.750. The van der Waals surface area contributed by atoms with E-state index in [-0.39, 0.29) is 12.1 Å². The van der Waals surface area contributed by atoms with E-state index in [1.165, 1.54) is 0 Å². The van der Waals surface area contributed by atoms with Crippen molar-refractivity contribution in [3.63, 3.8) is 0 Å². The molecule has 6 nitrogen and oxygen atoms in total. The number of hydrogen-bond acceptors (Lipinski definition) is 4. The van der Waals surface area contributed by atoms with Gasteiger partial charge in [-0.05, 0) is 47.5 Å². The smallest absolute Gasteiger partial charge is 0.410 e. The largest absolute Gasteiger partial charge is 0.444 e. The van der Waals surface area contributed by atoms with Gasteiger partial charge in [0.1, 0.15) is 11.4 Å². The van der Waals surface area contributed by atoms with Gasteiger partial charge in [0.05, 0.1) is 0 Å². The summed E-state index contributed by atoms with van der Waals surface area (Å²) in [4.78, 5) is 21.4. The minimum atomic E-state index is -0.440. The number of H-pyrrole nitrogens is 1. The van der Waals surface area contributed by atoms with Gasteiger partial charge >= 0.3 is 6.09 Å². The number of aryl methyl sites for hydroxylation is 1. The summed E-state index contributed by atoms with van der Waals surface area (Å²) in [5.74, 6) is 0.935. The zero-order chi connectivity index (χ0) is 16.3. The van der Waals surface area contributed by atoms with Gasteiger partial charge in [0.25, 0.3) is 0 Å². The van der Waals surface area contributed by atoms with Crippen LogP contribution < -0.4 is 5.32 Å². The summed E-state index contributed by atoms with van der Waals surface area (Å²) in [5.41, 5.74) is 0.657. The first-order chi connectivity index (χ1) is 10.2. The third-order valence-electron chi connectivity index (χ3n) is 3.84. The van der Waals surface area contributed by atoms with Crippen LogP contribution in [0.3, 0.4) is 0 Å². The van der Waals surface area contributed by atoms with Crippen LogP contribution in [0.2, 0.25) is 0 Å². The van der Waals surface area contributed by atoms with E-state index < -0.39 is 5.60 Å². The van der Waals surface area contributed by atoms with Crippen molar-refractivity contribution in [3.05, 3.63) is 17.7 Å². The Kier molecular flexibility index (Phi) is 5.11. The molecular formula is C16H28N4O2. The van der Waals surface area contributed by atoms with Crippen molar-refractivity contribution in [2.45, 2.75) is 71.7 Å². The molecule has 6 heteroatoms. The Labute approximate surface area is 132 Å². The molecule has 22 heavy (non-hydrogen) atoms. The van der Waals surface area contributed by atoms with Crippen LogP contribution >= 0.6 is 0 Å². The Morgan fingerprint density at radius 3 is 2.82 bits per heavy atom. The molecule has 1 aromatic rings. The first-order valence-electron chi connectivity index (χ1n) is 7.98. The monoisotopic (exact) mass is 308 g/mol. The predicted octanol–water partition coefficient (Wildman–Crippen LogP) is 2.60. The van der Waals surface area contributed by atoms with E-state index >= 15 is 0 Å². The van der Waals surface area contributed by atoms with Crippen LogP contribution in [0.1, 0.15) is 52.1 Å². The Hall–Kier alpha value is -1.56. The summed E-state index contributed by atoms with van der Waals surface area (Å²) in [7, 11) is 0. The van der Waals surface area contributed by atoms with Gasteiger partial charge in [-0.1, -0.05) is 0 Å². The number of imidazole rings is 1. The second-order valence-corrected chi connectivity index (χ2v) is 7.12. The predicted molar refractivity (Wildman–Crippen MR) is 85.6 cm³/mol. The first kappa shape index (κ1) is 16.8. The van der Waals surface area contributed by atoms with Crippen molar-refractivity contribution < 1.29 is 9.53 Å². The zero-order valence-corrected chi connectivity index (χ0v) is 14.3. The van der Waals surface area contributed by atoms with Gasteiger partial charge < -0.3 is 19.9 Å². The van der Waals surface area contributed by atoms with Crippen LogP contribution in [0.25, 0.3) is 0 Å². The summed E-state index contributed by atoms with van der Waals surface area (Å²) in [5, 5.41) is 3.54. The molecule has 0 saturated carbocycles. The molecule has 0 aromatic carbocycles. The van der Waals surface area contributed by atoms with Gasteiger partial charge in [-0.25, -0.2) is 9.78 Å². The summed E-state index contributed by atoms with van der Waals surface area (Å²) in [6, 6.07) is 0.599. The maximum Gasteiger partial charge on any atom is 0.410 e. The highest BCUT2D eigenvalue weighted by atomic mass is 16.6. The van der Waals surface area contributed by atoms with Crippen molar-refractivity contribution in [1.29, 1.82) is 0 Å². The highest BCUT2D eigenvalue weighted by molar-refractivity contribution is 5.68. The Balaban J connectivity index is 1.80. The Morgan fingerprint density at radius 1 is 1.55 bits per heavy atom.